The molecule has 0 N–H and O–H groups in total. The highest BCUT2D eigenvalue weighted by atomic mass is 16.1. The molecule has 0 amide bonds. The molecule has 3 nitrogen and oxygen atoms in total. The van der Waals surface area contributed by atoms with Crippen LogP contribution in [0.25, 0.3) is 11.1 Å². The summed E-state index contributed by atoms with van der Waals surface area (Å²) in [5, 5.41) is 0. The normalized spacial score (nSPS) is 12.7. The molecule has 0 heterocycles. The Labute approximate surface area is 190 Å². The maximum Gasteiger partial charge on any atom is 0.193 e. The van der Waals surface area contributed by atoms with Gasteiger partial charge >= 0.3 is 0 Å². The number of carbonyl (C=O) groups excluding carboxylic acids is 3. The highest BCUT2D eigenvalue weighted by Gasteiger charge is 2.20. The van der Waals surface area contributed by atoms with Crippen molar-refractivity contribution in [3.05, 3.63) is 95.6 Å². The smallest absolute Gasteiger partial charge is 0.193 e. The van der Waals surface area contributed by atoms with Gasteiger partial charge in [0, 0.05) is 23.0 Å². The minimum atomic E-state index is -0.0805. The van der Waals surface area contributed by atoms with E-state index in [1.54, 1.807) is 13.8 Å². The molecule has 0 aromatic heterocycles. The number of hydrogen-bond acceptors (Lipinski definition) is 3. The van der Waals surface area contributed by atoms with Crippen LogP contribution in [0.5, 0.6) is 0 Å². The van der Waals surface area contributed by atoms with E-state index >= 15 is 0 Å². The molecule has 0 radical (unpaired) electrons. The van der Waals surface area contributed by atoms with Gasteiger partial charge in [-0.3, -0.25) is 14.4 Å². The van der Waals surface area contributed by atoms with Gasteiger partial charge in [0.05, 0.1) is 0 Å². The van der Waals surface area contributed by atoms with Crippen LogP contribution >= 0.6 is 0 Å². The van der Waals surface area contributed by atoms with E-state index < -0.39 is 0 Å². The van der Waals surface area contributed by atoms with Crippen molar-refractivity contribution in [2.24, 2.45) is 11.8 Å². The summed E-state index contributed by atoms with van der Waals surface area (Å²) in [7, 11) is 0. The predicted molar refractivity (Wildman–Crippen MR) is 129 cm³/mol. The SMILES string of the molecule is CC(=O)C(C)CC(CCc1ccc(-c2ccc(C(=O)c3ccccc3)cc2)cc1)C(C)=O. The van der Waals surface area contributed by atoms with E-state index in [4.69, 9.17) is 0 Å². The number of ketones is 3. The first kappa shape index (κ1) is 23.3. The highest BCUT2D eigenvalue weighted by molar-refractivity contribution is 6.09. The molecule has 0 fully saturated rings. The topological polar surface area (TPSA) is 51.2 Å². The number of Topliss-reactive ketones (excluding diaryl/α,β-unsaturated/α-hetero) is 2. The monoisotopic (exact) mass is 426 g/mol. The zero-order valence-corrected chi connectivity index (χ0v) is 19.0. The van der Waals surface area contributed by atoms with Gasteiger partial charge < -0.3 is 0 Å². The van der Waals surface area contributed by atoms with Gasteiger partial charge in [-0.05, 0) is 49.8 Å². The maximum atomic E-state index is 12.6. The summed E-state index contributed by atoms with van der Waals surface area (Å²) in [4.78, 5) is 36.1. The van der Waals surface area contributed by atoms with Crippen LogP contribution in [-0.2, 0) is 16.0 Å². The van der Waals surface area contributed by atoms with Gasteiger partial charge in [-0.15, -0.1) is 0 Å². The molecule has 0 aliphatic carbocycles. The first-order valence-corrected chi connectivity index (χ1v) is 11.1. The fourth-order valence-electron chi connectivity index (χ4n) is 3.85. The summed E-state index contributed by atoms with van der Waals surface area (Å²) >= 11 is 0. The average molecular weight is 427 g/mol. The molecular weight excluding hydrogens is 396 g/mol. The number of rotatable bonds is 10. The Morgan fingerprint density at radius 2 is 1.22 bits per heavy atom. The van der Waals surface area contributed by atoms with E-state index in [9.17, 15) is 14.4 Å². The Kier molecular flexibility index (Phi) is 7.88. The summed E-state index contributed by atoms with van der Waals surface area (Å²) in [6, 6.07) is 25.3. The van der Waals surface area contributed by atoms with Gasteiger partial charge in [0.2, 0.25) is 0 Å². The number of carbonyl (C=O) groups is 3. The van der Waals surface area contributed by atoms with Crippen LogP contribution in [0.4, 0.5) is 0 Å². The van der Waals surface area contributed by atoms with Crippen molar-refractivity contribution in [3.63, 3.8) is 0 Å². The van der Waals surface area contributed by atoms with Crippen LogP contribution in [-0.4, -0.2) is 17.3 Å². The fourth-order valence-corrected chi connectivity index (χ4v) is 3.85. The van der Waals surface area contributed by atoms with Gasteiger partial charge in [0.25, 0.3) is 0 Å². The third-order valence-electron chi connectivity index (χ3n) is 6.16. The highest BCUT2D eigenvalue weighted by Crippen LogP contribution is 2.24. The third kappa shape index (κ3) is 6.10. The van der Waals surface area contributed by atoms with Crippen molar-refractivity contribution >= 4 is 17.3 Å². The lowest BCUT2D eigenvalue weighted by molar-refractivity contribution is -0.123. The van der Waals surface area contributed by atoms with Crippen LogP contribution in [0.2, 0.25) is 0 Å². The standard InChI is InChI=1S/C29H30O3/c1-20(21(2)30)19-28(22(3)31)14-11-23-9-12-24(13-10-23)25-15-17-27(18-16-25)29(32)26-7-5-4-6-8-26/h4-10,12-13,15-18,20,28H,11,14,19H2,1-3H3. The van der Waals surface area contributed by atoms with E-state index in [0.717, 1.165) is 24.0 Å². The van der Waals surface area contributed by atoms with Gasteiger partial charge in [-0.25, -0.2) is 0 Å². The minimum absolute atomic E-state index is 0.0200. The lowest BCUT2D eigenvalue weighted by Gasteiger charge is -2.17. The minimum Gasteiger partial charge on any atom is -0.300 e. The number of aryl methyl sites for hydroxylation is 1. The zero-order chi connectivity index (χ0) is 23.1. The maximum absolute atomic E-state index is 12.6. The molecule has 0 spiro atoms. The molecule has 2 atom stereocenters. The van der Waals surface area contributed by atoms with E-state index in [2.05, 4.69) is 24.3 Å². The summed E-state index contributed by atoms with van der Waals surface area (Å²) in [5.41, 5.74) is 4.67. The van der Waals surface area contributed by atoms with E-state index in [1.165, 1.54) is 5.56 Å². The molecule has 164 valence electrons. The molecule has 0 saturated carbocycles. The van der Waals surface area contributed by atoms with Crippen molar-refractivity contribution in [1.29, 1.82) is 0 Å². The van der Waals surface area contributed by atoms with Crippen LogP contribution in [0.15, 0.2) is 78.9 Å². The number of benzene rings is 3. The molecule has 3 heteroatoms. The Bertz CT molecular complexity index is 1060. The molecule has 2 unspecified atom stereocenters. The van der Waals surface area contributed by atoms with Crippen LogP contribution in [0, 0.1) is 11.8 Å². The van der Waals surface area contributed by atoms with E-state index in [-0.39, 0.29) is 29.2 Å². The fraction of sp³-hybridized carbons (Fsp3) is 0.276. The lowest BCUT2D eigenvalue weighted by atomic mass is 9.86. The molecule has 0 aliphatic rings. The van der Waals surface area contributed by atoms with Gasteiger partial charge in [-0.2, -0.15) is 0 Å². The Morgan fingerprint density at radius 3 is 1.75 bits per heavy atom. The second-order valence-electron chi connectivity index (χ2n) is 8.56. The molecule has 3 aromatic carbocycles. The second-order valence-corrected chi connectivity index (χ2v) is 8.56. The van der Waals surface area contributed by atoms with Crippen LogP contribution in [0.1, 0.15) is 55.1 Å². The average Bonchev–Trinajstić information content (AvgIpc) is 2.82. The molecule has 0 aliphatic heterocycles. The Morgan fingerprint density at radius 1 is 0.688 bits per heavy atom. The lowest BCUT2D eigenvalue weighted by Crippen LogP contribution is -2.19. The summed E-state index contributed by atoms with van der Waals surface area (Å²) in [6.07, 6.45) is 2.18. The Balaban J connectivity index is 1.63. The Hall–Kier alpha value is -3.33. The van der Waals surface area contributed by atoms with Gasteiger partial charge in [0.15, 0.2) is 5.78 Å². The van der Waals surface area contributed by atoms with E-state index in [0.29, 0.717) is 17.5 Å². The first-order valence-electron chi connectivity index (χ1n) is 11.1. The molecule has 3 rings (SSSR count). The van der Waals surface area contributed by atoms with Crippen molar-refractivity contribution < 1.29 is 14.4 Å². The summed E-state index contributed by atoms with van der Waals surface area (Å²) in [6.45, 7) is 5.10. The van der Waals surface area contributed by atoms with Crippen LogP contribution < -0.4 is 0 Å². The summed E-state index contributed by atoms with van der Waals surface area (Å²) in [5.74, 6) is 0.148. The zero-order valence-electron chi connectivity index (χ0n) is 19.0. The largest absolute Gasteiger partial charge is 0.300 e. The van der Waals surface area contributed by atoms with Crippen molar-refractivity contribution in [1.82, 2.24) is 0 Å². The third-order valence-corrected chi connectivity index (χ3v) is 6.16. The van der Waals surface area contributed by atoms with Gasteiger partial charge in [0.1, 0.15) is 11.6 Å². The quantitative estimate of drug-likeness (QED) is 0.356. The number of hydrogen-bond donors (Lipinski definition) is 0. The van der Waals surface area contributed by atoms with E-state index in [1.807, 2.05) is 61.5 Å². The van der Waals surface area contributed by atoms with Crippen molar-refractivity contribution in [2.75, 3.05) is 0 Å². The van der Waals surface area contributed by atoms with Crippen molar-refractivity contribution in [2.45, 2.75) is 40.0 Å². The summed E-state index contributed by atoms with van der Waals surface area (Å²) < 4.78 is 0. The second kappa shape index (κ2) is 10.8. The molecule has 3 aromatic rings. The molecule has 0 bridgehead atoms. The van der Waals surface area contributed by atoms with Gasteiger partial charge in [-0.1, -0.05) is 85.8 Å². The predicted octanol–water partition coefficient (Wildman–Crippen LogP) is 6.34. The van der Waals surface area contributed by atoms with Crippen LogP contribution in [0.3, 0.4) is 0 Å². The first-order chi connectivity index (χ1) is 15.3. The molecular formula is C29H30O3. The molecule has 0 saturated heterocycles. The van der Waals surface area contributed by atoms with Crippen molar-refractivity contribution in [3.8, 4) is 11.1 Å². The molecule has 32 heavy (non-hydrogen) atoms.